The summed E-state index contributed by atoms with van der Waals surface area (Å²) in [4.78, 5) is 15.2. The number of carbonyl (C=O) groups is 1. The van der Waals surface area contributed by atoms with Crippen LogP contribution in [0.2, 0.25) is 0 Å². The number of aryl methyl sites for hydroxylation is 3. The van der Waals surface area contributed by atoms with Crippen LogP contribution in [0, 0.1) is 19.3 Å². The molecule has 0 fully saturated rings. The van der Waals surface area contributed by atoms with Gasteiger partial charge in [-0.15, -0.1) is 0 Å². The number of hydrogen-bond donors (Lipinski definition) is 2. The van der Waals surface area contributed by atoms with E-state index < -0.39 is 18.4 Å². The summed E-state index contributed by atoms with van der Waals surface area (Å²) in [7, 11) is 1.95. The molecule has 188 valence electrons. The van der Waals surface area contributed by atoms with Gasteiger partial charge in [-0.05, 0) is 80.3 Å². The first-order valence-corrected chi connectivity index (χ1v) is 11.7. The number of aromatic nitrogens is 4. The van der Waals surface area contributed by atoms with Crippen LogP contribution in [-0.2, 0) is 31.1 Å². The van der Waals surface area contributed by atoms with Crippen molar-refractivity contribution in [2.45, 2.75) is 59.3 Å². The molecule has 0 bridgehead atoms. The van der Waals surface area contributed by atoms with Crippen molar-refractivity contribution >= 4 is 5.97 Å². The van der Waals surface area contributed by atoms with Crippen LogP contribution in [0.1, 0.15) is 48.2 Å². The van der Waals surface area contributed by atoms with E-state index in [-0.39, 0.29) is 12.0 Å². The lowest BCUT2D eigenvalue weighted by atomic mass is 9.76. The van der Waals surface area contributed by atoms with E-state index in [2.05, 4.69) is 34.4 Å². The Kier molecular flexibility index (Phi) is 6.52. The summed E-state index contributed by atoms with van der Waals surface area (Å²) in [6.07, 6.45) is 3.43. The van der Waals surface area contributed by atoms with Crippen LogP contribution in [0.5, 0.6) is 0 Å². The number of carboxylic acids is 1. The molecule has 0 saturated heterocycles. The molecule has 0 aliphatic heterocycles. The molecule has 0 atom stereocenters. The van der Waals surface area contributed by atoms with Gasteiger partial charge in [-0.25, -0.2) is 4.79 Å². The van der Waals surface area contributed by atoms with Crippen LogP contribution in [-0.4, -0.2) is 50.0 Å². The minimum absolute atomic E-state index is 0.234. The fourth-order valence-electron chi connectivity index (χ4n) is 4.75. The average Bonchev–Trinajstić information content (AvgIpc) is 3.37. The van der Waals surface area contributed by atoms with E-state index in [0.29, 0.717) is 18.1 Å². The zero-order chi connectivity index (χ0) is 25.5. The molecule has 0 unspecified atom stereocenters. The molecule has 3 aromatic rings. The second kappa shape index (κ2) is 9.14. The van der Waals surface area contributed by atoms with Gasteiger partial charge in [0.05, 0.1) is 6.54 Å². The molecular formula is C25H31F2N5O3. The van der Waals surface area contributed by atoms with Gasteiger partial charge in [-0.3, -0.25) is 4.68 Å². The van der Waals surface area contributed by atoms with E-state index in [9.17, 15) is 13.6 Å². The highest BCUT2D eigenvalue weighted by molar-refractivity contribution is 5.75. The first-order valence-electron chi connectivity index (χ1n) is 11.7. The molecular weight excluding hydrogens is 456 g/mol. The molecule has 35 heavy (non-hydrogen) atoms. The maximum absolute atomic E-state index is 13.2. The van der Waals surface area contributed by atoms with Crippen LogP contribution < -0.4 is 5.32 Å². The van der Waals surface area contributed by atoms with Crippen molar-refractivity contribution in [2.24, 2.45) is 12.5 Å². The molecule has 1 aliphatic rings. The molecule has 2 aromatic heterocycles. The van der Waals surface area contributed by atoms with E-state index in [1.54, 1.807) is 0 Å². The van der Waals surface area contributed by atoms with E-state index in [1.165, 1.54) is 11.3 Å². The van der Waals surface area contributed by atoms with Gasteiger partial charge in [-0.2, -0.15) is 18.9 Å². The van der Waals surface area contributed by atoms with Crippen LogP contribution in [0.25, 0.3) is 23.0 Å². The van der Waals surface area contributed by atoms with Gasteiger partial charge in [0.25, 0.3) is 5.89 Å². The van der Waals surface area contributed by atoms with Gasteiger partial charge < -0.3 is 14.9 Å². The highest BCUT2D eigenvalue weighted by atomic mass is 19.3. The summed E-state index contributed by atoms with van der Waals surface area (Å²) >= 11 is 0. The topological polar surface area (TPSA) is 106 Å². The summed E-state index contributed by atoms with van der Waals surface area (Å²) in [6, 6.07) is 3.89. The molecule has 8 nitrogen and oxygen atoms in total. The predicted molar refractivity (Wildman–Crippen MR) is 126 cm³/mol. The number of rotatable bonds is 8. The number of alkyl halides is 2. The lowest BCUT2D eigenvalue weighted by molar-refractivity contribution is -0.163. The Bertz CT molecular complexity index is 1240. The Labute approximate surface area is 202 Å². The van der Waals surface area contributed by atoms with Crippen molar-refractivity contribution in [2.75, 3.05) is 13.1 Å². The zero-order valence-electron chi connectivity index (χ0n) is 20.7. The Hall–Kier alpha value is -3.14. The molecule has 1 aliphatic carbocycles. The molecule has 0 radical (unpaired) electrons. The summed E-state index contributed by atoms with van der Waals surface area (Å²) < 4.78 is 34.0. The first kappa shape index (κ1) is 25.0. The summed E-state index contributed by atoms with van der Waals surface area (Å²) in [6.45, 7) is 7.74. The van der Waals surface area contributed by atoms with Crippen molar-refractivity contribution in [3.05, 3.63) is 40.1 Å². The Morgan fingerprint density at radius 3 is 2.63 bits per heavy atom. The molecule has 4 rings (SSSR count). The van der Waals surface area contributed by atoms with Crippen molar-refractivity contribution in [3.8, 4) is 23.0 Å². The van der Waals surface area contributed by atoms with Crippen LogP contribution in [0.3, 0.4) is 0 Å². The Balaban J connectivity index is 1.50. The van der Waals surface area contributed by atoms with E-state index in [0.717, 1.165) is 47.2 Å². The SMILES string of the molecule is Cc1cc(-c2noc(-c3nn(C)c4c3CCC(C)(C)C4)n2)cc(C)c1CCNCC(F)(F)C(=O)O. The second-order valence-electron chi connectivity index (χ2n) is 10.2. The number of fused-ring (bicyclic) bond motifs is 1. The molecule has 0 amide bonds. The number of halogens is 2. The number of carboxylic acid groups (broad SMARTS) is 1. The highest BCUT2D eigenvalue weighted by Gasteiger charge is 2.38. The van der Waals surface area contributed by atoms with Gasteiger partial charge in [-0.1, -0.05) is 19.0 Å². The molecule has 2 heterocycles. The molecule has 1 aromatic carbocycles. The van der Waals surface area contributed by atoms with E-state index in [1.807, 2.05) is 37.7 Å². The smallest absolute Gasteiger partial charge is 0.375 e. The van der Waals surface area contributed by atoms with Crippen molar-refractivity contribution < 1.29 is 23.2 Å². The third-order valence-electron chi connectivity index (χ3n) is 6.77. The van der Waals surface area contributed by atoms with E-state index in [4.69, 9.17) is 9.63 Å². The van der Waals surface area contributed by atoms with Crippen molar-refractivity contribution in [1.82, 2.24) is 25.2 Å². The number of nitrogens with one attached hydrogen (secondary N) is 1. The molecule has 0 saturated carbocycles. The average molecular weight is 488 g/mol. The Morgan fingerprint density at radius 2 is 1.97 bits per heavy atom. The lowest BCUT2D eigenvalue weighted by Crippen LogP contribution is -2.40. The second-order valence-corrected chi connectivity index (χ2v) is 10.2. The number of benzene rings is 1. The third-order valence-corrected chi connectivity index (χ3v) is 6.77. The molecule has 2 N–H and O–H groups in total. The molecule has 10 heteroatoms. The monoisotopic (exact) mass is 487 g/mol. The van der Waals surface area contributed by atoms with Crippen LogP contribution in [0.15, 0.2) is 16.7 Å². The number of aliphatic carboxylic acids is 1. The van der Waals surface area contributed by atoms with Crippen molar-refractivity contribution in [3.63, 3.8) is 0 Å². The lowest BCUT2D eigenvalue weighted by Gasteiger charge is -2.29. The number of nitrogens with zero attached hydrogens (tertiary/aromatic N) is 4. The zero-order valence-corrected chi connectivity index (χ0v) is 20.7. The fourth-order valence-corrected chi connectivity index (χ4v) is 4.75. The van der Waals surface area contributed by atoms with Crippen molar-refractivity contribution in [1.29, 1.82) is 0 Å². The summed E-state index contributed by atoms with van der Waals surface area (Å²) in [5.74, 6) is -5.05. The molecule has 0 spiro atoms. The minimum Gasteiger partial charge on any atom is -0.477 e. The summed E-state index contributed by atoms with van der Waals surface area (Å²) in [5, 5.41) is 19.9. The standard InChI is InChI=1S/C25H31F2N5O3/c1-14-10-16(11-15(2)17(14)7-9-28-13-25(26,27)23(33)34)21-29-22(35-31-21)20-18-6-8-24(3,4)12-19(18)32(5)30-20/h10-11,28H,6-9,12-13H2,1-5H3,(H,33,34). The largest absolute Gasteiger partial charge is 0.477 e. The Morgan fingerprint density at radius 1 is 1.29 bits per heavy atom. The van der Waals surface area contributed by atoms with Crippen LogP contribution >= 0.6 is 0 Å². The highest BCUT2D eigenvalue weighted by Crippen LogP contribution is 2.38. The van der Waals surface area contributed by atoms with Gasteiger partial charge in [0.15, 0.2) is 5.69 Å². The fraction of sp³-hybridized carbons (Fsp3) is 0.520. The number of hydrogen-bond acceptors (Lipinski definition) is 6. The van der Waals surface area contributed by atoms with Gasteiger partial charge in [0.2, 0.25) is 5.82 Å². The van der Waals surface area contributed by atoms with E-state index >= 15 is 0 Å². The predicted octanol–water partition coefficient (Wildman–Crippen LogP) is 4.12. The minimum atomic E-state index is -3.78. The maximum Gasteiger partial charge on any atom is 0.375 e. The van der Waals surface area contributed by atoms with Gasteiger partial charge in [0, 0.05) is 23.9 Å². The summed E-state index contributed by atoms with van der Waals surface area (Å²) in [5.41, 5.74) is 7.10. The van der Waals surface area contributed by atoms with Gasteiger partial charge in [0.1, 0.15) is 0 Å². The quantitative estimate of drug-likeness (QED) is 0.461. The normalized spacial score (nSPS) is 15.3. The van der Waals surface area contributed by atoms with Gasteiger partial charge >= 0.3 is 11.9 Å². The van der Waals surface area contributed by atoms with Crippen LogP contribution in [0.4, 0.5) is 8.78 Å². The third kappa shape index (κ3) is 5.12. The maximum atomic E-state index is 13.2. The first-order chi connectivity index (χ1) is 16.4.